The van der Waals surface area contributed by atoms with Crippen molar-refractivity contribution in [1.29, 1.82) is 0 Å². The fourth-order valence-corrected chi connectivity index (χ4v) is 4.48. The highest BCUT2D eigenvalue weighted by Crippen LogP contribution is 2.57. The van der Waals surface area contributed by atoms with Gasteiger partial charge in [0.2, 0.25) is 0 Å². The van der Waals surface area contributed by atoms with Crippen molar-refractivity contribution in [2.75, 3.05) is 0 Å². The van der Waals surface area contributed by atoms with E-state index in [1.807, 2.05) is 0 Å². The Bertz CT molecular complexity index is 326. The summed E-state index contributed by atoms with van der Waals surface area (Å²) in [6.07, 6.45) is 8.07. The quantitative estimate of drug-likeness (QED) is 0.314. The van der Waals surface area contributed by atoms with Gasteiger partial charge in [0.1, 0.15) is 4.91 Å². The van der Waals surface area contributed by atoms with Gasteiger partial charge in [-0.2, -0.15) is 0 Å². The summed E-state index contributed by atoms with van der Waals surface area (Å²) in [6, 6.07) is 0. The molecule has 4 saturated carbocycles. The van der Waals surface area contributed by atoms with E-state index >= 15 is 0 Å². The molecule has 4 rings (SSSR count). The van der Waals surface area contributed by atoms with Gasteiger partial charge >= 0.3 is 5.09 Å². The van der Waals surface area contributed by atoms with Crippen LogP contribution in [0.5, 0.6) is 0 Å². The van der Waals surface area contributed by atoms with Crippen molar-refractivity contribution in [2.24, 2.45) is 34.2 Å². The fourth-order valence-electron chi connectivity index (χ4n) is 4.48. The smallest absolute Gasteiger partial charge is 0.370 e. The molecule has 4 bridgehead atoms. The molecule has 4 fully saturated rings. The molecule has 4 aliphatic rings. The summed E-state index contributed by atoms with van der Waals surface area (Å²) in [4.78, 5) is 13.0. The van der Waals surface area contributed by atoms with Crippen LogP contribution in [0, 0.1) is 22.7 Å². The lowest BCUT2D eigenvalue weighted by Gasteiger charge is -2.54. The number of hydrogen-bond donors (Lipinski definition) is 4. The monoisotopic (exact) mass is 257 g/mol. The minimum Gasteiger partial charge on any atom is -0.370 e. The minimum atomic E-state index is -1.25. The molecule has 6 N–H and O–H groups in total. The van der Waals surface area contributed by atoms with Gasteiger partial charge in [-0.05, 0) is 56.3 Å². The van der Waals surface area contributed by atoms with Gasteiger partial charge in [-0.3, -0.25) is 0 Å². The second-order valence-corrected chi connectivity index (χ2v) is 5.93. The first-order valence-electron chi connectivity index (χ1n) is 6.34. The number of nitrogens with zero attached hydrogens (tertiary/aromatic N) is 2. The maximum absolute atomic E-state index is 8.47. The van der Waals surface area contributed by atoms with Crippen molar-refractivity contribution < 1.29 is 15.5 Å². The third kappa shape index (κ3) is 2.83. The van der Waals surface area contributed by atoms with Crippen LogP contribution in [0.1, 0.15) is 38.5 Å². The Morgan fingerprint density at radius 1 is 1.06 bits per heavy atom. The topological polar surface area (TPSA) is 125 Å². The van der Waals surface area contributed by atoms with E-state index in [0.29, 0.717) is 5.96 Å². The lowest BCUT2D eigenvalue weighted by Crippen LogP contribution is -2.50. The summed E-state index contributed by atoms with van der Waals surface area (Å²) in [5.41, 5.74) is 11.2. The highest BCUT2D eigenvalue weighted by atomic mass is 16.9. The maximum Gasteiger partial charge on any atom is 0.472 e. The Hall–Kier alpha value is -1.53. The molecule has 0 aromatic heterocycles. The van der Waals surface area contributed by atoms with Crippen LogP contribution < -0.4 is 11.5 Å². The summed E-state index contributed by atoms with van der Waals surface area (Å²) < 4.78 is 0. The first-order valence-corrected chi connectivity index (χ1v) is 6.34. The Morgan fingerprint density at radius 2 is 1.39 bits per heavy atom. The van der Waals surface area contributed by atoms with E-state index < -0.39 is 5.09 Å². The van der Waals surface area contributed by atoms with E-state index in [1.165, 1.54) is 38.5 Å². The molecule has 0 heterocycles. The summed E-state index contributed by atoms with van der Waals surface area (Å²) in [7, 11) is 0. The van der Waals surface area contributed by atoms with E-state index in [9.17, 15) is 0 Å². The van der Waals surface area contributed by atoms with Crippen LogP contribution in [0.25, 0.3) is 0 Å². The van der Waals surface area contributed by atoms with Crippen molar-refractivity contribution in [2.45, 2.75) is 44.1 Å². The van der Waals surface area contributed by atoms with Crippen LogP contribution in [0.4, 0.5) is 0 Å². The summed E-state index contributed by atoms with van der Waals surface area (Å²) in [6.45, 7) is 0. The van der Waals surface area contributed by atoms with Crippen LogP contribution in [0.2, 0.25) is 0 Å². The predicted molar refractivity (Wildman–Crippen MR) is 63.9 cm³/mol. The summed E-state index contributed by atoms with van der Waals surface area (Å²) >= 11 is 0. The zero-order chi connectivity index (χ0) is 13.3. The standard InChI is InChI=1S/C11H19N3.H2NO3/c12-10(13)14-11-4-7-1-8(5-11)3-9(2-7)6-11;2-1(3)4/h7-9H,1-6H2,(H4,12,13,14);(H2,2,3,4)/q;+1. The van der Waals surface area contributed by atoms with Crippen LogP contribution in [0.15, 0.2) is 4.99 Å². The minimum absolute atomic E-state index is 0.160. The highest BCUT2D eigenvalue weighted by Gasteiger charge is 2.51. The average molecular weight is 257 g/mol. The second-order valence-electron chi connectivity index (χ2n) is 5.93. The van der Waals surface area contributed by atoms with E-state index in [2.05, 4.69) is 4.99 Å². The molecule has 0 aromatic carbocycles. The van der Waals surface area contributed by atoms with Gasteiger partial charge < -0.3 is 11.5 Å². The van der Waals surface area contributed by atoms with E-state index in [-0.39, 0.29) is 5.54 Å². The molecule has 7 heteroatoms. The van der Waals surface area contributed by atoms with Gasteiger partial charge in [-0.15, -0.1) is 0 Å². The molecule has 0 aliphatic heterocycles. The van der Waals surface area contributed by atoms with Crippen molar-refractivity contribution in [3.8, 4) is 0 Å². The number of guanidine groups is 1. The van der Waals surface area contributed by atoms with Crippen molar-refractivity contribution in [1.82, 2.24) is 0 Å². The molecule has 0 saturated heterocycles. The first-order chi connectivity index (χ1) is 8.38. The molecule has 7 nitrogen and oxygen atoms in total. The second kappa shape index (κ2) is 4.62. The van der Waals surface area contributed by atoms with Gasteiger partial charge in [0, 0.05) is 0 Å². The van der Waals surface area contributed by atoms with E-state index in [0.717, 1.165) is 17.8 Å². The zero-order valence-corrected chi connectivity index (χ0v) is 10.3. The molecular weight excluding hydrogens is 236 g/mol. The van der Waals surface area contributed by atoms with Gasteiger partial charge in [-0.25, -0.2) is 15.4 Å². The normalized spacial score (nSPS) is 39.7. The third-order valence-electron chi connectivity index (χ3n) is 4.37. The first kappa shape index (κ1) is 12.9. The summed E-state index contributed by atoms with van der Waals surface area (Å²) in [5.74, 6) is 3.06. The number of hydrogen-bond acceptors (Lipinski definition) is 2. The Kier molecular flexibility index (Phi) is 3.32. The fraction of sp³-hybridized carbons (Fsp3) is 0.909. The molecule has 0 aromatic rings. The number of nitrogens with two attached hydrogens (primary N) is 2. The SMILES string of the molecule is NC(N)=NC12CC3CC(CC(C3)C1)C2.O=[N+](O)O. The molecule has 0 amide bonds. The average Bonchev–Trinajstić information content (AvgIpc) is 2.10. The van der Waals surface area contributed by atoms with Crippen molar-refractivity contribution in [3.05, 3.63) is 4.91 Å². The predicted octanol–water partition coefficient (Wildman–Crippen LogP) is 0.772. The van der Waals surface area contributed by atoms with E-state index in [4.69, 9.17) is 26.8 Å². The lowest BCUT2D eigenvalue weighted by molar-refractivity contribution is -0.969. The maximum atomic E-state index is 8.47. The molecule has 102 valence electrons. The van der Waals surface area contributed by atoms with Crippen molar-refractivity contribution in [3.63, 3.8) is 0 Å². The summed E-state index contributed by atoms with van der Waals surface area (Å²) in [5, 5.41) is 12.5. The molecule has 0 spiro atoms. The Balaban J connectivity index is 0.000000267. The van der Waals surface area contributed by atoms with Gasteiger partial charge in [0.05, 0.1) is 5.54 Å². The molecule has 4 aliphatic carbocycles. The van der Waals surface area contributed by atoms with Gasteiger partial charge in [0.25, 0.3) is 0 Å². The van der Waals surface area contributed by atoms with Crippen LogP contribution in [-0.2, 0) is 0 Å². The third-order valence-corrected chi connectivity index (χ3v) is 4.37. The molecule has 0 radical (unpaired) electrons. The molecule has 0 unspecified atom stereocenters. The largest absolute Gasteiger partial charge is 0.472 e. The lowest BCUT2D eigenvalue weighted by atomic mass is 9.53. The van der Waals surface area contributed by atoms with Gasteiger partial charge in [-0.1, -0.05) is 0 Å². The zero-order valence-electron chi connectivity index (χ0n) is 10.3. The number of aliphatic imine (C=N–C) groups is 1. The number of rotatable bonds is 1. The van der Waals surface area contributed by atoms with E-state index in [1.54, 1.807) is 0 Å². The van der Waals surface area contributed by atoms with Crippen molar-refractivity contribution >= 4 is 5.96 Å². The Morgan fingerprint density at radius 3 is 1.67 bits per heavy atom. The highest BCUT2D eigenvalue weighted by molar-refractivity contribution is 5.76. The Labute approximate surface area is 105 Å². The molecule has 0 atom stereocenters. The molecule has 18 heavy (non-hydrogen) atoms. The van der Waals surface area contributed by atoms with Crippen LogP contribution >= 0.6 is 0 Å². The van der Waals surface area contributed by atoms with Gasteiger partial charge in [0.15, 0.2) is 5.96 Å². The van der Waals surface area contributed by atoms with Crippen LogP contribution in [0.3, 0.4) is 0 Å². The molecular formula is C11H21N4O3+. The van der Waals surface area contributed by atoms with Crippen LogP contribution in [-0.4, -0.2) is 27.0 Å².